The Labute approximate surface area is 144 Å². The second-order valence-corrected chi connectivity index (χ2v) is 7.51. The van der Waals surface area contributed by atoms with Crippen LogP contribution >= 0.6 is 11.3 Å². The molecule has 0 fully saturated rings. The number of aliphatic imine (C=N–C) groups is 1. The Morgan fingerprint density at radius 2 is 2.08 bits per heavy atom. The van der Waals surface area contributed by atoms with Crippen molar-refractivity contribution < 1.29 is 4.79 Å². The molecule has 2 aliphatic rings. The topological polar surface area (TPSA) is 82.5 Å². The minimum absolute atomic E-state index is 0.0388. The van der Waals surface area contributed by atoms with Crippen molar-refractivity contribution >= 4 is 23.2 Å². The van der Waals surface area contributed by atoms with E-state index in [2.05, 4.69) is 6.07 Å². The Kier molecular flexibility index (Phi) is 2.91. The number of hydrogen-bond donors (Lipinski definition) is 1. The van der Waals surface area contributed by atoms with Crippen LogP contribution in [0.15, 0.2) is 41.4 Å². The highest BCUT2D eigenvalue weighted by atomic mass is 32.1. The molecule has 2 N–H and O–H groups in total. The first-order valence-electron chi connectivity index (χ1n) is 7.66. The number of nitrogens with two attached hydrogens (primary N) is 1. The molecule has 5 nitrogen and oxygen atoms in total. The number of carbonyl (C=O) groups is 1. The molecule has 2 aromatic rings. The van der Waals surface area contributed by atoms with Gasteiger partial charge in [-0.1, -0.05) is 24.3 Å². The molecular weight excluding hydrogens is 320 g/mol. The number of likely N-dealkylation sites (N-methyl/N-ethyl adjacent to an activating group) is 1. The zero-order chi connectivity index (χ0) is 17.1. The maximum atomic E-state index is 13.3. The number of benzene rings is 1. The first-order valence-corrected chi connectivity index (χ1v) is 8.48. The Morgan fingerprint density at radius 1 is 1.33 bits per heavy atom. The van der Waals surface area contributed by atoms with Crippen LogP contribution in [0.3, 0.4) is 0 Å². The molecule has 120 valence electrons. The third-order valence-electron chi connectivity index (χ3n) is 5.31. The Hall–Kier alpha value is -2.65. The Balaban J connectivity index is 2.00. The molecule has 0 saturated carbocycles. The van der Waals surface area contributed by atoms with Crippen molar-refractivity contribution in [1.82, 2.24) is 4.90 Å². The molecule has 1 aromatic heterocycles. The van der Waals surface area contributed by atoms with Crippen LogP contribution in [0.4, 0.5) is 0 Å². The van der Waals surface area contributed by atoms with Crippen LogP contribution in [-0.2, 0) is 22.2 Å². The normalized spacial score (nSPS) is 28.1. The summed E-state index contributed by atoms with van der Waals surface area (Å²) in [7, 11) is 1.67. The minimum Gasteiger partial charge on any atom is -0.369 e. The van der Waals surface area contributed by atoms with E-state index in [1.165, 1.54) is 21.8 Å². The predicted molar refractivity (Wildman–Crippen MR) is 92.6 cm³/mol. The predicted octanol–water partition coefficient (Wildman–Crippen LogP) is 2.12. The fourth-order valence-corrected chi connectivity index (χ4v) is 4.89. The number of rotatable bonds is 1. The lowest BCUT2D eigenvalue weighted by Gasteiger charge is -2.55. The average molecular weight is 336 g/mol. The summed E-state index contributed by atoms with van der Waals surface area (Å²) in [4.78, 5) is 20.9. The van der Waals surface area contributed by atoms with Crippen molar-refractivity contribution in [3.05, 3.63) is 57.3 Å². The average Bonchev–Trinajstić information content (AvgIpc) is 3.03. The second kappa shape index (κ2) is 4.68. The van der Waals surface area contributed by atoms with Gasteiger partial charge in [0.2, 0.25) is 5.91 Å². The molecule has 24 heavy (non-hydrogen) atoms. The van der Waals surface area contributed by atoms with Gasteiger partial charge < -0.3 is 5.73 Å². The van der Waals surface area contributed by atoms with Crippen LogP contribution < -0.4 is 5.73 Å². The maximum absolute atomic E-state index is 13.3. The molecule has 0 bridgehead atoms. The van der Waals surface area contributed by atoms with Gasteiger partial charge in [0.25, 0.3) is 0 Å². The Bertz CT molecular complexity index is 940. The van der Waals surface area contributed by atoms with Gasteiger partial charge in [0.05, 0.1) is 0 Å². The van der Waals surface area contributed by atoms with Crippen molar-refractivity contribution in [3.8, 4) is 6.07 Å². The summed E-state index contributed by atoms with van der Waals surface area (Å²) in [6, 6.07) is 13.8. The van der Waals surface area contributed by atoms with Crippen molar-refractivity contribution in [3.63, 3.8) is 0 Å². The summed E-state index contributed by atoms with van der Waals surface area (Å²) in [6.45, 7) is 1.95. The van der Waals surface area contributed by atoms with Gasteiger partial charge in [-0.05, 0) is 36.6 Å². The van der Waals surface area contributed by atoms with Gasteiger partial charge in [-0.15, -0.1) is 11.3 Å². The summed E-state index contributed by atoms with van der Waals surface area (Å²) in [5.74, 6) is 0.174. The quantitative estimate of drug-likeness (QED) is 0.866. The molecule has 2 heterocycles. The van der Waals surface area contributed by atoms with Gasteiger partial charge >= 0.3 is 0 Å². The van der Waals surface area contributed by atoms with Gasteiger partial charge in [0, 0.05) is 11.9 Å². The number of carbonyl (C=O) groups excluding carboxylic acids is 1. The zero-order valence-electron chi connectivity index (χ0n) is 13.4. The summed E-state index contributed by atoms with van der Waals surface area (Å²) in [5, 5.41) is 9.16. The fraction of sp³-hybridized carbons (Fsp3) is 0.278. The third kappa shape index (κ3) is 1.57. The summed E-state index contributed by atoms with van der Waals surface area (Å²) >= 11 is 1.38. The van der Waals surface area contributed by atoms with Crippen molar-refractivity contribution in [2.24, 2.45) is 10.7 Å². The lowest BCUT2D eigenvalue weighted by molar-refractivity contribution is -0.138. The van der Waals surface area contributed by atoms with E-state index in [0.717, 1.165) is 10.4 Å². The molecule has 0 radical (unpaired) electrons. The number of nitrogens with zero attached hydrogens (tertiary/aromatic N) is 3. The number of fused-ring (bicyclic) bond motifs is 2. The fourth-order valence-electron chi connectivity index (χ4n) is 3.91. The molecule has 1 aliphatic carbocycles. The van der Waals surface area contributed by atoms with E-state index in [4.69, 9.17) is 16.0 Å². The van der Waals surface area contributed by atoms with E-state index < -0.39 is 11.0 Å². The van der Waals surface area contributed by atoms with E-state index in [1.807, 2.05) is 37.3 Å². The van der Waals surface area contributed by atoms with Crippen LogP contribution in [0.2, 0.25) is 0 Å². The van der Waals surface area contributed by atoms with E-state index in [-0.39, 0.29) is 11.9 Å². The molecule has 4 rings (SSSR count). The third-order valence-corrected chi connectivity index (χ3v) is 6.51. The van der Waals surface area contributed by atoms with Crippen LogP contribution in [0.5, 0.6) is 0 Å². The Morgan fingerprint density at radius 3 is 2.75 bits per heavy atom. The van der Waals surface area contributed by atoms with Crippen LogP contribution in [0, 0.1) is 11.3 Å². The maximum Gasteiger partial charge on any atom is 0.242 e. The molecule has 2 atom stereocenters. The number of hydrogen-bond acceptors (Lipinski definition) is 5. The van der Waals surface area contributed by atoms with Crippen molar-refractivity contribution in [2.45, 2.75) is 24.3 Å². The summed E-state index contributed by atoms with van der Waals surface area (Å²) in [5.41, 5.74) is 6.63. The zero-order valence-corrected chi connectivity index (χ0v) is 14.2. The SMILES string of the molecule is CN1C(=O)C2(Cc3ccccc32)C(C)(c2ccc(C#N)s2)N=C1N. The molecule has 1 amide bonds. The minimum atomic E-state index is -0.811. The number of amides is 1. The second-order valence-electron chi connectivity index (χ2n) is 6.42. The largest absolute Gasteiger partial charge is 0.369 e. The number of guanidine groups is 1. The molecule has 0 saturated heterocycles. The van der Waals surface area contributed by atoms with E-state index in [1.54, 1.807) is 13.1 Å². The van der Waals surface area contributed by atoms with E-state index in [9.17, 15) is 4.79 Å². The van der Waals surface area contributed by atoms with Gasteiger partial charge in [0.1, 0.15) is 21.9 Å². The van der Waals surface area contributed by atoms with Gasteiger partial charge in [-0.2, -0.15) is 5.26 Å². The molecule has 1 aliphatic heterocycles. The van der Waals surface area contributed by atoms with E-state index in [0.29, 0.717) is 11.3 Å². The highest BCUT2D eigenvalue weighted by Gasteiger charge is 2.65. The molecule has 2 unspecified atom stereocenters. The van der Waals surface area contributed by atoms with Crippen LogP contribution in [0.25, 0.3) is 0 Å². The van der Waals surface area contributed by atoms with Gasteiger partial charge in [0.15, 0.2) is 5.96 Å². The van der Waals surface area contributed by atoms with Crippen molar-refractivity contribution in [2.75, 3.05) is 7.05 Å². The molecule has 1 spiro atoms. The highest BCUT2D eigenvalue weighted by Crippen LogP contribution is 2.57. The molecule has 6 heteroatoms. The van der Waals surface area contributed by atoms with Gasteiger partial charge in [-0.3, -0.25) is 9.69 Å². The number of thiophene rings is 1. The lowest BCUT2D eigenvalue weighted by atomic mass is 9.53. The highest BCUT2D eigenvalue weighted by molar-refractivity contribution is 7.12. The smallest absolute Gasteiger partial charge is 0.242 e. The van der Waals surface area contributed by atoms with Crippen LogP contribution in [0.1, 0.15) is 27.8 Å². The summed E-state index contributed by atoms with van der Waals surface area (Å²) < 4.78 is 0. The summed E-state index contributed by atoms with van der Waals surface area (Å²) in [6.07, 6.45) is 0.624. The van der Waals surface area contributed by atoms with Gasteiger partial charge in [-0.25, -0.2) is 4.99 Å². The van der Waals surface area contributed by atoms with Crippen molar-refractivity contribution in [1.29, 1.82) is 5.26 Å². The van der Waals surface area contributed by atoms with E-state index >= 15 is 0 Å². The molecular formula is C18H16N4OS. The first-order chi connectivity index (χ1) is 11.4. The first kappa shape index (κ1) is 14.9. The lowest BCUT2D eigenvalue weighted by Crippen LogP contribution is -2.67. The standard InChI is InChI=1S/C18H16N4OS/c1-17(14-8-7-12(10-19)24-14)18(15(23)22(2)16(20)21-17)9-11-5-3-4-6-13(11)18/h3-8H,9H2,1-2H3,(H2,20,21). The monoisotopic (exact) mass is 336 g/mol. The molecule has 1 aromatic carbocycles. The number of nitriles is 1. The van der Waals surface area contributed by atoms with Crippen LogP contribution in [-0.4, -0.2) is 23.8 Å².